The number of hydrogen-bond acceptors (Lipinski definition) is 2. The molecule has 11 heavy (non-hydrogen) atoms. The van der Waals surface area contributed by atoms with Crippen molar-refractivity contribution in [3.63, 3.8) is 0 Å². The predicted octanol–water partition coefficient (Wildman–Crippen LogP) is 2.25. The Morgan fingerprint density at radius 1 is 1.55 bits per heavy atom. The summed E-state index contributed by atoms with van der Waals surface area (Å²) in [5.41, 5.74) is -0.0508. The highest BCUT2D eigenvalue weighted by atomic mass is 16.6. The minimum absolute atomic E-state index is 0.0508. The number of epoxide rings is 1. The number of ether oxygens (including phenoxy) is 1. The van der Waals surface area contributed by atoms with Crippen LogP contribution < -0.4 is 0 Å². The summed E-state index contributed by atoms with van der Waals surface area (Å²) in [6.07, 6.45) is 4.28. The van der Waals surface area contributed by atoms with Gasteiger partial charge in [-0.25, -0.2) is 0 Å². The van der Waals surface area contributed by atoms with E-state index in [9.17, 15) is 0 Å². The lowest BCUT2D eigenvalue weighted by atomic mass is 9.96. The van der Waals surface area contributed by atoms with Crippen molar-refractivity contribution in [2.24, 2.45) is 0 Å². The van der Waals surface area contributed by atoms with Crippen molar-refractivity contribution in [2.75, 3.05) is 0 Å². The molecule has 0 N–H and O–H groups in total. The normalized spacial score (nSPS) is 34.8. The minimum Gasteiger partial charge on any atom is -0.350 e. The average molecular weight is 153 g/mol. The van der Waals surface area contributed by atoms with Crippen LogP contribution in [0.1, 0.15) is 39.5 Å². The lowest BCUT2D eigenvalue weighted by Crippen LogP contribution is -2.12. The summed E-state index contributed by atoms with van der Waals surface area (Å²) in [7, 11) is 0. The SMILES string of the molecule is CCCCC1(CC)OC1C#N. The molecule has 0 aromatic heterocycles. The molecule has 0 radical (unpaired) electrons. The fraction of sp³-hybridized carbons (Fsp3) is 0.889. The molecule has 1 fully saturated rings. The Morgan fingerprint density at radius 3 is 2.64 bits per heavy atom. The Morgan fingerprint density at radius 2 is 2.27 bits per heavy atom. The molecular formula is C9H15NO. The van der Waals surface area contributed by atoms with Crippen LogP contribution in [-0.4, -0.2) is 11.7 Å². The van der Waals surface area contributed by atoms with Gasteiger partial charge in [-0.05, 0) is 12.8 Å². The van der Waals surface area contributed by atoms with E-state index in [2.05, 4.69) is 19.9 Å². The first-order valence-electron chi connectivity index (χ1n) is 4.36. The maximum absolute atomic E-state index is 8.60. The second kappa shape index (κ2) is 3.23. The van der Waals surface area contributed by atoms with Crippen LogP contribution in [0.4, 0.5) is 0 Å². The van der Waals surface area contributed by atoms with Gasteiger partial charge in [0.2, 0.25) is 0 Å². The molecule has 0 spiro atoms. The molecule has 0 aromatic carbocycles. The van der Waals surface area contributed by atoms with Gasteiger partial charge in [-0.2, -0.15) is 5.26 Å². The van der Waals surface area contributed by atoms with Gasteiger partial charge in [0.05, 0.1) is 6.07 Å². The Labute approximate surface area is 68.2 Å². The molecule has 0 amide bonds. The quantitative estimate of drug-likeness (QED) is 0.581. The van der Waals surface area contributed by atoms with Gasteiger partial charge in [-0.3, -0.25) is 0 Å². The minimum atomic E-state index is -0.112. The zero-order chi connectivity index (χ0) is 8.32. The average Bonchev–Trinajstić information content (AvgIpc) is 2.76. The van der Waals surface area contributed by atoms with Crippen LogP contribution in [0.5, 0.6) is 0 Å². The van der Waals surface area contributed by atoms with Gasteiger partial charge in [0.25, 0.3) is 0 Å². The van der Waals surface area contributed by atoms with Crippen molar-refractivity contribution in [1.29, 1.82) is 5.26 Å². The van der Waals surface area contributed by atoms with Crippen LogP contribution in [0.15, 0.2) is 0 Å². The number of rotatable bonds is 4. The molecule has 1 saturated heterocycles. The second-order valence-corrected chi connectivity index (χ2v) is 3.15. The molecule has 2 nitrogen and oxygen atoms in total. The summed E-state index contributed by atoms with van der Waals surface area (Å²) in [6.45, 7) is 4.25. The van der Waals surface area contributed by atoms with Crippen molar-refractivity contribution in [3.05, 3.63) is 0 Å². The third kappa shape index (κ3) is 1.54. The third-order valence-corrected chi connectivity index (χ3v) is 2.44. The van der Waals surface area contributed by atoms with E-state index >= 15 is 0 Å². The number of nitriles is 1. The van der Waals surface area contributed by atoms with Crippen LogP contribution >= 0.6 is 0 Å². The standard InChI is InChI=1S/C9H15NO/c1-3-5-6-9(4-2)8(7-10)11-9/h8H,3-6H2,1-2H3. The molecule has 1 rings (SSSR count). The lowest BCUT2D eigenvalue weighted by molar-refractivity contribution is 0.272. The van der Waals surface area contributed by atoms with Crippen LogP contribution in [0, 0.1) is 11.3 Å². The molecule has 0 saturated carbocycles. The van der Waals surface area contributed by atoms with Crippen molar-refractivity contribution >= 4 is 0 Å². The highest BCUT2D eigenvalue weighted by Crippen LogP contribution is 2.43. The smallest absolute Gasteiger partial charge is 0.173 e. The van der Waals surface area contributed by atoms with Gasteiger partial charge in [-0.1, -0.05) is 26.7 Å². The monoisotopic (exact) mass is 153 g/mol. The van der Waals surface area contributed by atoms with Gasteiger partial charge in [-0.15, -0.1) is 0 Å². The molecular weight excluding hydrogens is 138 g/mol. The summed E-state index contributed by atoms with van der Waals surface area (Å²) in [6, 6.07) is 2.17. The molecule has 2 atom stereocenters. The largest absolute Gasteiger partial charge is 0.350 e. The zero-order valence-electron chi connectivity index (χ0n) is 7.26. The van der Waals surface area contributed by atoms with Crippen molar-refractivity contribution in [1.82, 2.24) is 0 Å². The first-order valence-corrected chi connectivity index (χ1v) is 4.36. The van der Waals surface area contributed by atoms with E-state index < -0.39 is 0 Å². The summed E-state index contributed by atoms with van der Waals surface area (Å²) in [5, 5.41) is 8.60. The molecule has 2 unspecified atom stereocenters. The molecule has 0 aromatic rings. The summed E-state index contributed by atoms with van der Waals surface area (Å²) >= 11 is 0. The first kappa shape index (κ1) is 8.55. The summed E-state index contributed by atoms with van der Waals surface area (Å²) in [4.78, 5) is 0. The molecule has 1 heterocycles. The highest BCUT2D eigenvalue weighted by Gasteiger charge is 2.54. The number of hydrogen-bond donors (Lipinski definition) is 0. The van der Waals surface area contributed by atoms with Crippen LogP contribution in [0.2, 0.25) is 0 Å². The fourth-order valence-corrected chi connectivity index (χ4v) is 1.46. The van der Waals surface area contributed by atoms with E-state index in [-0.39, 0.29) is 11.7 Å². The van der Waals surface area contributed by atoms with Crippen LogP contribution in [0.25, 0.3) is 0 Å². The zero-order valence-corrected chi connectivity index (χ0v) is 7.26. The molecule has 0 bridgehead atoms. The van der Waals surface area contributed by atoms with E-state index in [0.717, 1.165) is 12.8 Å². The molecule has 2 heteroatoms. The Hall–Kier alpha value is -0.550. The summed E-state index contributed by atoms with van der Waals surface area (Å²) in [5.74, 6) is 0. The topological polar surface area (TPSA) is 36.3 Å². The maximum atomic E-state index is 8.60. The van der Waals surface area contributed by atoms with E-state index in [0.29, 0.717) is 0 Å². The number of nitrogens with zero attached hydrogens (tertiary/aromatic N) is 1. The van der Waals surface area contributed by atoms with E-state index in [1.54, 1.807) is 0 Å². The van der Waals surface area contributed by atoms with Crippen LogP contribution in [-0.2, 0) is 4.74 Å². The highest BCUT2D eigenvalue weighted by molar-refractivity contribution is 5.13. The number of unbranched alkanes of at least 4 members (excludes halogenated alkanes) is 1. The van der Waals surface area contributed by atoms with Crippen LogP contribution in [0.3, 0.4) is 0 Å². The lowest BCUT2D eigenvalue weighted by Gasteiger charge is -2.06. The van der Waals surface area contributed by atoms with Crippen molar-refractivity contribution < 1.29 is 4.74 Å². The van der Waals surface area contributed by atoms with Gasteiger partial charge >= 0.3 is 0 Å². The van der Waals surface area contributed by atoms with Crippen molar-refractivity contribution in [3.8, 4) is 6.07 Å². The molecule has 62 valence electrons. The van der Waals surface area contributed by atoms with E-state index in [1.807, 2.05) is 0 Å². The maximum Gasteiger partial charge on any atom is 0.173 e. The van der Waals surface area contributed by atoms with Crippen molar-refractivity contribution in [2.45, 2.75) is 51.2 Å². The predicted molar refractivity (Wildman–Crippen MR) is 43.0 cm³/mol. The molecule has 1 aliphatic heterocycles. The second-order valence-electron chi connectivity index (χ2n) is 3.15. The molecule has 1 aliphatic rings. The van der Waals surface area contributed by atoms with Gasteiger partial charge in [0.1, 0.15) is 5.60 Å². The Bertz CT molecular complexity index is 173. The first-order chi connectivity index (χ1) is 5.29. The van der Waals surface area contributed by atoms with Gasteiger partial charge in [0.15, 0.2) is 6.10 Å². The fourth-order valence-electron chi connectivity index (χ4n) is 1.46. The van der Waals surface area contributed by atoms with Gasteiger partial charge < -0.3 is 4.74 Å². The third-order valence-electron chi connectivity index (χ3n) is 2.44. The molecule has 0 aliphatic carbocycles. The van der Waals surface area contributed by atoms with E-state index in [4.69, 9.17) is 10.00 Å². The Kier molecular flexibility index (Phi) is 2.51. The summed E-state index contributed by atoms with van der Waals surface area (Å²) < 4.78 is 5.34. The van der Waals surface area contributed by atoms with E-state index in [1.165, 1.54) is 12.8 Å². The Balaban J connectivity index is 2.35. The van der Waals surface area contributed by atoms with Gasteiger partial charge in [0, 0.05) is 0 Å².